The van der Waals surface area contributed by atoms with E-state index in [1.54, 1.807) is 0 Å². The summed E-state index contributed by atoms with van der Waals surface area (Å²) in [4.78, 5) is 0. The van der Waals surface area contributed by atoms with Crippen molar-refractivity contribution < 1.29 is 34.1 Å². The summed E-state index contributed by atoms with van der Waals surface area (Å²) in [6.07, 6.45) is 0. The molecule has 0 atom stereocenters. The van der Waals surface area contributed by atoms with Gasteiger partial charge in [-0.25, -0.2) is 8.78 Å². The SMILES string of the molecule is C.C.Fc1cc(F)cc(Br)c1.[CH3-].[O]=[Pt]=[O]. The molecule has 0 aliphatic heterocycles. The Bertz CT molecular complexity index is 252. The van der Waals surface area contributed by atoms with Gasteiger partial charge in [-0.05, 0) is 12.1 Å². The summed E-state index contributed by atoms with van der Waals surface area (Å²) in [7, 11) is 0. The van der Waals surface area contributed by atoms with Crippen LogP contribution in [0.4, 0.5) is 8.78 Å². The number of hydrogen-bond acceptors (Lipinski definition) is 2. The molecule has 6 heteroatoms. The summed E-state index contributed by atoms with van der Waals surface area (Å²) in [6, 6.07) is 3.22. The third-order valence-electron chi connectivity index (χ3n) is 0.827. The number of hydrogen-bond donors (Lipinski definition) is 0. The van der Waals surface area contributed by atoms with E-state index in [0.717, 1.165) is 6.07 Å². The zero-order chi connectivity index (χ0) is 9.56. The Balaban J connectivity index is -0.0000000917. The van der Waals surface area contributed by atoms with Crippen molar-refractivity contribution in [2.75, 3.05) is 0 Å². The van der Waals surface area contributed by atoms with Crippen molar-refractivity contribution >= 4 is 15.9 Å². The number of rotatable bonds is 0. The molecule has 2 nitrogen and oxygen atoms in total. The first-order valence-corrected chi connectivity index (χ1v) is 5.21. The van der Waals surface area contributed by atoms with Crippen LogP contribution in [0.15, 0.2) is 22.7 Å². The van der Waals surface area contributed by atoms with Gasteiger partial charge in [-0.1, -0.05) is 30.8 Å². The van der Waals surface area contributed by atoms with Crippen molar-refractivity contribution in [3.63, 3.8) is 0 Å². The van der Waals surface area contributed by atoms with E-state index in [0.29, 0.717) is 4.47 Å². The first kappa shape index (κ1) is 24.2. The van der Waals surface area contributed by atoms with Gasteiger partial charge in [0, 0.05) is 10.5 Å². The molecule has 0 aromatic heterocycles. The van der Waals surface area contributed by atoms with Crippen molar-refractivity contribution in [3.8, 4) is 0 Å². The van der Waals surface area contributed by atoms with Gasteiger partial charge in [-0.3, -0.25) is 0 Å². The van der Waals surface area contributed by atoms with E-state index in [4.69, 9.17) is 6.80 Å². The summed E-state index contributed by atoms with van der Waals surface area (Å²) in [6.45, 7) is 0. The molecule has 1 aromatic carbocycles. The maximum absolute atomic E-state index is 12.2. The summed E-state index contributed by atoms with van der Waals surface area (Å²) in [5.74, 6) is -1.14. The summed E-state index contributed by atoms with van der Waals surface area (Å²) >= 11 is 1.02. The van der Waals surface area contributed by atoms with Crippen molar-refractivity contribution in [2.45, 2.75) is 14.9 Å². The Kier molecular flexibility index (Phi) is 22.3. The van der Waals surface area contributed by atoms with Crippen molar-refractivity contribution in [1.82, 2.24) is 0 Å². The molecule has 0 bridgehead atoms. The number of halogens is 3. The molecule has 15 heavy (non-hydrogen) atoms. The molecule has 0 saturated heterocycles. The van der Waals surface area contributed by atoms with E-state index in [1.807, 2.05) is 0 Å². The molecular formula is C9H14BrF2O2Pt-. The number of benzene rings is 1. The molecule has 94 valence electrons. The van der Waals surface area contributed by atoms with Gasteiger partial charge in [0.15, 0.2) is 0 Å². The topological polar surface area (TPSA) is 34.1 Å². The molecule has 0 fully saturated rings. The molecule has 0 aliphatic rings. The van der Waals surface area contributed by atoms with E-state index in [2.05, 4.69) is 15.9 Å². The summed E-state index contributed by atoms with van der Waals surface area (Å²) < 4.78 is 41.7. The molecule has 0 radical (unpaired) electrons. The van der Waals surface area contributed by atoms with Gasteiger partial charge >= 0.3 is 25.3 Å². The molecular weight excluding hydrogens is 453 g/mol. The van der Waals surface area contributed by atoms with Crippen LogP contribution in [-0.4, -0.2) is 0 Å². The normalized spacial score (nSPS) is 7.13. The second-order valence-corrected chi connectivity index (χ2v) is 2.93. The summed E-state index contributed by atoms with van der Waals surface area (Å²) in [5.41, 5.74) is 0. The Morgan fingerprint density at radius 2 is 1.27 bits per heavy atom. The van der Waals surface area contributed by atoms with Crippen LogP contribution in [0, 0.1) is 19.1 Å². The quantitative estimate of drug-likeness (QED) is 0.536. The fourth-order valence-electron chi connectivity index (χ4n) is 0.520. The molecule has 1 aromatic rings. The van der Waals surface area contributed by atoms with Crippen LogP contribution in [-0.2, 0) is 25.3 Å². The van der Waals surface area contributed by atoms with Crippen molar-refractivity contribution in [3.05, 3.63) is 41.7 Å². The van der Waals surface area contributed by atoms with Gasteiger partial charge in [0.05, 0.1) is 0 Å². The van der Waals surface area contributed by atoms with Gasteiger partial charge in [-0.2, -0.15) is 0 Å². The molecule has 0 saturated carbocycles. The second kappa shape index (κ2) is 13.8. The first-order chi connectivity index (χ1) is 5.60. The van der Waals surface area contributed by atoms with E-state index >= 15 is 0 Å². The zero-order valence-corrected chi connectivity index (χ0v) is 10.4. The Hall–Kier alpha value is -0.152. The molecule has 0 unspecified atom stereocenters. The molecule has 0 heterocycles. The van der Waals surface area contributed by atoms with Gasteiger partial charge in [0.2, 0.25) is 0 Å². The molecule has 0 spiro atoms. The fraction of sp³-hybridized carbons (Fsp3) is 0.222. The van der Waals surface area contributed by atoms with Crippen LogP contribution in [0.2, 0.25) is 0 Å². The zero-order valence-electron chi connectivity index (χ0n) is 6.50. The molecule has 0 N–H and O–H groups in total. The van der Waals surface area contributed by atoms with Crippen LogP contribution in [0.25, 0.3) is 0 Å². The summed E-state index contributed by atoms with van der Waals surface area (Å²) in [5, 5.41) is 0. The van der Waals surface area contributed by atoms with Gasteiger partial charge in [0.1, 0.15) is 11.6 Å². The van der Waals surface area contributed by atoms with Crippen LogP contribution in [0.1, 0.15) is 14.9 Å². The van der Waals surface area contributed by atoms with Crippen LogP contribution < -0.4 is 0 Å². The maximum atomic E-state index is 12.2. The molecule has 1 rings (SSSR count). The van der Waals surface area contributed by atoms with E-state index in [-0.39, 0.29) is 22.3 Å². The van der Waals surface area contributed by atoms with Crippen LogP contribution in [0.3, 0.4) is 0 Å². The van der Waals surface area contributed by atoms with Crippen molar-refractivity contribution in [2.24, 2.45) is 0 Å². The Morgan fingerprint density at radius 1 is 1.00 bits per heavy atom. The van der Waals surface area contributed by atoms with Gasteiger partial charge in [0.25, 0.3) is 0 Å². The van der Waals surface area contributed by atoms with Crippen LogP contribution >= 0.6 is 15.9 Å². The first-order valence-electron chi connectivity index (χ1n) is 2.56. The molecule has 0 aliphatic carbocycles. The average molecular weight is 467 g/mol. The predicted octanol–water partition coefficient (Wildman–Crippen LogP) is 4.21. The van der Waals surface area contributed by atoms with Gasteiger partial charge < -0.3 is 7.43 Å². The van der Waals surface area contributed by atoms with Crippen LogP contribution in [0.5, 0.6) is 0 Å². The second-order valence-electron chi connectivity index (χ2n) is 1.64. The minimum atomic E-state index is -1.92. The predicted molar refractivity (Wildman–Crippen MR) is 55.3 cm³/mol. The van der Waals surface area contributed by atoms with Gasteiger partial charge in [-0.15, -0.1) is 0 Å². The fourth-order valence-corrected chi connectivity index (χ4v) is 0.958. The standard InChI is InChI=1S/C6H3BrF2.2CH4.CH3.2O.Pt/c7-4-1-5(8)3-6(9)2-4;;;;;;/h1-3H;2*1H4;1H3;;;/q;;;-1;;;. The minimum absolute atomic E-state index is 0. The Morgan fingerprint density at radius 3 is 1.47 bits per heavy atom. The average Bonchev–Trinajstić information content (AvgIpc) is 1.84. The van der Waals surface area contributed by atoms with Crippen molar-refractivity contribution in [1.29, 1.82) is 0 Å². The Labute approximate surface area is 106 Å². The third-order valence-corrected chi connectivity index (χ3v) is 1.29. The van der Waals surface area contributed by atoms with E-state index < -0.39 is 30.1 Å². The third kappa shape index (κ3) is 13.8. The monoisotopic (exact) mass is 466 g/mol. The van der Waals surface area contributed by atoms with E-state index in [1.165, 1.54) is 12.1 Å². The molecule has 0 amide bonds. The van der Waals surface area contributed by atoms with E-state index in [9.17, 15) is 8.78 Å².